The van der Waals surface area contributed by atoms with Crippen molar-refractivity contribution in [2.45, 2.75) is 24.7 Å². The molecule has 1 amide bonds. The second-order valence-corrected chi connectivity index (χ2v) is 7.84. The number of nitrogens with zero attached hydrogens (tertiary/aromatic N) is 1. The minimum atomic E-state index is -3.76. The van der Waals surface area contributed by atoms with Crippen molar-refractivity contribution in [3.05, 3.63) is 42.1 Å². The summed E-state index contributed by atoms with van der Waals surface area (Å²) in [6.45, 7) is 2.86. The zero-order valence-electron chi connectivity index (χ0n) is 14.9. The third-order valence-corrected chi connectivity index (χ3v) is 5.32. The van der Waals surface area contributed by atoms with Crippen LogP contribution in [0.25, 0.3) is 0 Å². The Kier molecular flexibility index (Phi) is 5.92. The number of nitrogens with one attached hydrogen (secondary N) is 2. The molecule has 0 radical (unpaired) electrons. The van der Waals surface area contributed by atoms with Crippen molar-refractivity contribution >= 4 is 21.7 Å². The van der Waals surface area contributed by atoms with E-state index >= 15 is 0 Å². The number of sulfonamides is 1. The monoisotopic (exact) mass is 391 g/mol. The molecule has 3 rings (SSSR count). The molecule has 27 heavy (non-hydrogen) atoms. The molecule has 2 heterocycles. The molecule has 8 nitrogen and oxygen atoms in total. The van der Waals surface area contributed by atoms with Gasteiger partial charge in [0.05, 0.1) is 18.1 Å². The fraction of sp³-hybridized carbons (Fsp3) is 0.333. The molecular formula is C18H21N3O5S. The molecule has 9 heteroatoms. The smallest absolute Gasteiger partial charge is 0.240 e. The molecule has 1 aromatic heterocycles. The summed E-state index contributed by atoms with van der Waals surface area (Å²) in [4.78, 5) is 16.1. The third kappa shape index (κ3) is 5.18. The van der Waals surface area contributed by atoms with Crippen LogP contribution in [0.5, 0.6) is 11.5 Å². The molecule has 1 aromatic carbocycles. The number of benzene rings is 1. The van der Waals surface area contributed by atoms with Crippen molar-refractivity contribution in [3.63, 3.8) is 0 Å². The average molecular weight is 391 g/mol. The second kappa shape index (κ2) is 8.36. The van der Waals surface area contributed by atoms with E-state index in [1.54, 1.807) is 18.3 Å². The van der Waals surface area contributed by atoms with E-state index in [9.17, 15) is 13.2 Å². The van der Waals surface area contributed by atoms with Gasteiger partial charge in [0, 0.05) is 31.6 Å². The first-order chi connectivity index (χ1) is 12.9. The first kappa shape index (κ1) is 19.1. The molecule has 0 bridgehead atoms. The Labute approximate surface area is 158 Å². The van der Waals surface area contributed by atoms with Gasteiger partial charge in [-0.2, -0.15) is 0 Å². The van der Waals surface area contributed by atoms with E-state index in [4.69, 9.17) is 9.47 Å². The van der Waals surface area contributed by atoms with Crippen LogP contribution in [0.3, 0.4) is 0 Å². The summed E-state index contributed by atoms with van der Waals surface area (Å²) in [6.07, 6.45) is 2.32. The van der Waals surface area contributed by atoms with Gasteiger partial charge in [0.25, 0.3) is 0 Å². The summed E-state index contributed by atoms with van der Waals surface area (Å²) in [6, 6.07) is 8.01. The summed E-state index contributed by atoms with van der Waals surface area (Å²) >= 11 is 0. The molecular weight excluding hydrogens is 370 g/mol. The Morgan fingerprint density at radius 1 is 1.15 bits per heavy atom. The number of carbonyl (C=O) groups excluding carboxylic acids is 1. The van der Waals surface area contributed by atoms with Crippen LogP contribution < -0.4 is 19.5 Å². The highest BCUT2D eigenvalue weighted by Gasteiger charge is 2.19. The van der Waals surface area contributed by atoms with Crippen LogP contribution in [0.15, 0.2) is 41.4 Å². The number of pyridine rings is 1. The lowest BCUT2D eigenvalue weighted by molar-refractivity contribution is -0.116. The predicted octanol–water partition coefficient (Wildman–Crippen LogP) is 1.86. The molecule has 0 unspecified atom stereocenters. The molecule has 1 aliphatic rings. The van der Waals surface area contributed by atoms with E-state index < -0.39 is 10.0 Å². The predicted molar refractivity (Wildman–Crippen MR) is 99.5 cm³/mol. The summed E-state index contributed by atoms with van der Waals surface area (Å²) in [5, 5.41) is 2.64. The third-order valence-electron chi connectivity index (χ3n) is 3.86. The zero-order chi connectivity index (χ0) is 19.3. The van der Waals surface area contributed by atoms with Gasteiger partial charge in [-0.1, -0.05) is 0 Å². The van der Waals surface area contributed by atoms with Gasteiger partial charge in [0.1, 0.15) is 5.82 Å². The minimum Gasteiger partial charge on any atom is -0.490 e. The normalized spacial score (nSPS) is 13.7. The molecule has 2 N–H and O–H groups in total. The maximum atomic E-state index is 12.4. The Bertz CT molecular complexity index is 930. The SMILES string of the molecule is Cc1ccnc(NC(=O)CCNS(=O)(=O)c2ccc3c(c2)OCCCO3)c1. The number of carbonyl (C=O) groups is 1. The quantitative estimate of drug-likeness (QED) is 0.778. The fourth-order valence-electron chi connectivity index (χ4n) is 2.50. The number of ether oxygens (including phenoxy) is 2. The molecule has 0 aliphatic carbocycles. The lowest BCUT2D eigenvalue weighted by Gasteiger charge is -2.11. The van der Waals surface area contributed by atoms with Crippen molar-refractivity contribution in [3.8, 4) is 11.5 Å². The van der Waals surface area contributed by atoms with Crippen LogP contribution in [0.2, 0.25) is 0 Å². The van der Waals surface area contributed by atoms with Gasteiger partial charge < -0.3 is 14.8 Å². The van der Waals surface area contributed by atoms with Gasteiger partial charge in [0.2, 0.25) is 15.9 Å². The van der Waals surface area contributed by atoms with Crippen LogP contribution in [0, 0.1) is 6.92 Å². The average Bonchev–Trinajstić information content (AvgIpc) is 2.86. The molecule has 2 aromatic rings. The summed E-state index contributed by atoms with van der Waals surface area (Å²) < 4.78 is 38.3. The van der Waals surface area contributed by atoms with E-state index in [0.717, 1.165) is 12.0 Å². The standard InChI is InChI=1S/C18H21N3O5S/c1-13-5-7-19-17(11-13)21-18(22)6-8-20-27(23,24)14-3-4-15-16(12-14)26-10-2-9-25-15/h3-5,7,11-12,20H,2,6,8-10H2,1H3,(H,19,21,22). The van der Waals surface area contributed by atoms with E-state index in [-0.39, 0.29) is 23.8 Å². The lowest BCUT2D eigenvalue weighted by Crippen LogP contribution is -2.28. The number of hydrogen-bond acceptors (Lipinski definition) is 6. The van der Waals surface area contributed by atoms with Gasteiger partial charge in [0.15, 0.2) is 11.5 Å². The van der Waals surface area contributed by atoms with Crippen molar-refractivity contribution in [2.75, 3.05) is 25.1 Å². The Morgan fingerprint density at radius 2 is 1.93 bits per heavy atom. The van der Waals surface area contributed by atoms with E-state index in [0.29, 0.717) is 30.5 Å². The number of aryl methyl sites for hydroxylation is 1. The van der Waals surface area contributed by atoms with Gasteiger partial charge >= 0.3 is 0 Å². The van der Waals surface area contributed by atoms with Crippen molar-refractivity contribution in [1.29, 1.82) is 0 Å². The Morgan fingerprint density at radius 3 is 2.70 bits per heavy atom. The summed E-state index contributed by atoms with van der Waals surface area (Å²) in [5.74, 6) is 1.04. The second-order valence-electron chi connectivity index (χ2n) is 6.07. The van der Waals surface area contributed by atoms with Crippen molar-refractivity contribution < 1.29 is 22.7 Å². The maximum absolute atomic E-state index is 12.4. The van der Waals surface area contributed by atoms with Crippen molar-refractivity contribution in [1.82, 2.24) is 9.71 Å². The van der Waals surface area contributed by atoms with E-state index in [2.05, 4.69) is 15.0 Å². The molecule has 1 aliphatic heterocycles. The van der Waals surface area contributed by atoms with Gasteiger partial charge in [-0.3, -0.25) is 4.79 Å². The maximum Gasteiger partial charge on any atom is 0.240 e. The summed E-state index contributed by atoms with van der Waals surface area (Å²) in [7, 11) is -3.76. The Hall–Kier alpha value is -2.65. The molecule has 0 spiro atoms. The van der Waals surface area contributed by atoms with Crippen LogP contribution in [0.1, 0.15) is 18.4 Å². The zero-order valence-corrected chi connectivity index (χ0v) is 15.7. The number of anilines is 1. The van der Waals surface area contributed by atoms with Gasteiger partial charge in [-0.15, -0.1) is 0 Å². The number of hydrogen-bond donors (Lipinski definition) is 2. The fourth-order valence-corrected chi connectivity index (χ4v) is 3.55. The van der Waals surface area contributed by atoms with Crippen LogP contribution in [-0.2, 0) is 14.8 Å². The van der Waals surface area contributed by atoms with Gasteiger partial charge in [-0.25, -0.2) is 18.1 Å². The first-order valence-corrected chi connectivity index (χ1v) is 10.0. The van der Waals surface area contributed by atoms with E-state index in [1.807, 2.05) is 13.0 Å². The number of aromatic nitrogens is 1. The molecule has 0 saturated carbocycles. The number of amides is 1. The van der Waals surface area contributed by atoms with Crippen LogP contribution in [-0.4, -0.2) is 39.1 Å². The largest absolute Gasteiger partial charge is 0.490 e. The first-order valence-electron chi connectivity index (χ1n) is 8.56. The molecule has 0 saturated heterocycles. The topological polar surface area (TPSA) is 107 Å². The molecule has 144 valence electrons. The van der Waals surface area contributed by atoms with Crippen LogP contribution in [0.4, 0.5) is 5.82 Å². The van der Waals surface area contributed by atoms with Crippen molar-refractivity contribution in [2.24, 2.45) is 0 Å². The highest BCUT2D eigenvalue weighted by atomic mass is 32.2. The van der Waals surface area contributed by atoms with Crippen LogP contribution >= 0.6 is 0 Å². The van der Waals surface area contributed by atoms with E-state index in [1.165, 1.54) is 12.1 Å². The number of rotatable bonds is 6. The Balaban J connectivity index is 1.57. The highest BCUT2D eigenvalue weighted by molar-refractivity contribution is 7.89. The number of fused-ring (bicyclic) bond motifs is 1. The molecule has 0 fully saturated rings. The highest BCUT2D eigenvalue weighted by Crippen LogP contribution is 2.31. The minimum absolute atomic E-state index is 0.0145. The lowest BCUT2D eigenvalue weighted by atomic mass is 10.3. The molecule has 0 atom stereocenters. The summed E-state index contributed by atoms with van der Waals surface area (Å²) in [5.41, 5.74) is 0.968. The van der Waals surface area contributed by atoms with Gasteiger partial charge in [-0.05, 0) is 36.8 Å².